The second kappa shape index (κ2) is 13.7. The van der Waals surface area contributed by atoms with Gasteiger partial charge in [0, 0.05) is 44.7 Å². The van der Waals surface area contributed by atoms with Gasteiger partial charge in [-0.3, -0.25) is 9.59 Å². The summed E-state index contributed by atoms with van der Waals surface area (Å²) in [6, 6.07) is 19.3. The lowest BCUT2D eigenvalue weighted by Gasteiger charge is -2.34. The van der Waals surface area contributed by atoms with E-state index < -0.39 is 6.04 Å². The van der Waals surface area contributed by atoms with Crippen LogP contribution in [-0.2, 0) is 29.0 Å². The monoisotopic (exact) mass is 590 g/mol. The van der Waals surface area contributed by atoms with Crippen molar-refractivity contribution in [2.24, 2.45) is 0 Å². The van der Waals surface area contributed by atoms with Crippen molar-refractivity contribution in [3.63, 3.8) is 0 Å². The number of rotatable bonds is 9. The van der Waals surface area contributed by atoms with E-state index in [9.17, 15) is 9.59 Å². The Morgan fingerprint density at radius 1 is 0.842 bits per heavy atom. The van der Waals surface area contributed by atoms with Crippen molar-refractivity contribution in [3.05, 3.63) is 104 Å². The third-order valence-corrected chi connectivity index (χ3v) is 8.26. The molecule has 0 saturated heterocycles. The van der Waals surface area contributed by atoms with E-state index in [1.807, 2.05) is 30.3 Å². The average molecular weight is 592 g/mol. The Hall–Kier alpha value is -2.24. The van der Waals surface area contributed by atoms with Crippen molar-refractivity contribution in [1.82, 2.24) is 10.2 Å². The molecule has 200 valence electrons. The van der Waals surface area contributed by atoms with Gasteiger partial charge in [0.25, 0.3) is 0 Å². The number of nitrogens with one attached hydrogen (secondary N) is 1. The predicted molar refractivity (Wildman–Crippen MR) is 156 cm³/mol. The lowest BCUT2D eigenvalue weighted by molar-refractivity contribution is -0.141. The zero-order valence-corrected chi connectivity index (χ0v) is 24.0. The Balaban J connectivity index is 1.71. The first-order valence-electron chi connectivity index (χ1n) is 12.8. The van der Waals surface area contributed by atoms with Gasteiger partial charge in [0.05, 0.1) is 6.42 Å². The lowest BCUT2D eigenvalue weighted by Crippen LogP contribution is -2.53. The van der Waals surface area contributed by atoms with Crippen LogP contribution in [0.2, 0.25) is 20.1 Å². The highest BCUT2D eigenvalue weighted by Gasteiger charge is 2.33. The fourth-order valence-electron chi connectivity index (χ4n) is 4.88. The van der Waals surface area contributed by atoms with Gasteiger partial charge >= 0.3 is 0 Å². The number of amides is 2. The molecule has 4 nitrogen and oxygen atoms in total. The molecule has 1 saturated carbocycles. The van der Waals surface area contributed by atoms with E-state index in [2.05, 4.69) is 5.32 Å². The minimum atomic E-state index is -0.773. The van der Waals surface area contributed by atoms with Gasteiger partial charge < -0.3 is 10.2 Å². The zero-order chi connectivity index (χ0) is 27.1. The van der Waals surface area contributed by atoms with Gasteiger partial charge in [0.1, 0.15) is 6.04 Å². The number of carbonyl (C=O) groups is 2. The summed E-state index contributed by atoms with van der Waals surface area (Å²) in [5.41, 5.74) is 2.17. The summed E-state index contributed by atoms with van der Waals surface area (Å²) >= 11 is 25.5. The minimum absolute atomic E-state index is 0.0000716. The van der Waals surface area contributed by atoms with Crippen molar-refractivity contribution in [3.8, 4) is 0 Å². The molecule has 2 amide bonds. The van der Waals surface area contributed by atoms with Crippen molar-refractivity contribution in [2.75, 3.05) is 0 Å². The Labute approximate surface area is 244 Å². The van der Waals surface area contributed by atoms with Crippen LogP contribution in [0.15, 0.2) is 66.7 Å². The molecule has 4 rings (SSSR count). The number of halogens is 4. The quantitative estimate of drug-likeness (QED) is 0.275. The van der Waals surface area contributed by atoms with Crippen LogP contribution in [-0.4, -0.2) is 28.8 Å². The van der Waals surface area contributed by atoms with Crippen LogP contribution in [0.3, 0.4) is 0 Å². The van der Waals surface area contributed by atoms with Crippen molar-refractivity contribution >= 4 is 58.2 Å². The van der Waals surface area contributed by atoms with E-state index >= 15 is 0 Å². The van der Waals surface area contributed by atoms with Gasteiger partial charge in [0.15, 0.2) is 0 Å². The summed E-state index contributed by atoms with van der Waals surface area (Å²) in [7, 11) is 0. The van der Waals surface area contributed by atoms with Crippen LogP contribution >= 0.6 is 46.4 Å². The Morgan fingerprint density at radius 2 is 1.53 bits per heavy atom. The van der Waals surface area contributed by atoms with Crippen LogP contribution in [0.1, 0.15) is 48.8 Å². The number of carbonyl (C=O) groups excluding carboxylic acids is 2. The molecular formula is C30H30Cl4N2O2. The van der Waals surface area contributed by atoms with E-state index in [0.29, 0.717) is 37.6 Å². The first-order valence-corrected chi connectivity index (χ1v) is 14.3. The topological polar surface area (TPSA) is 49.4 Å². The van der Waals surface area contributed by atoms with Crippen LogP contribution in [0.4, 0.5) is 0 Å². The van der Waals surface area contributed by atoms with Gasteiger partial charge in [-0.2, -0.15) is 0 Å². The number of nitrogens with zero attached hydrogens (tertiary/aromatic N) is 1. The summed E-state index contributed by atoms with van der Waals surface area (Å²) in [6.45, 7) is 0.0815. The van der Waals surface area contributed by atoms with Gasteiger partial charge in [0.2, 0.25) is 11.8 Å². The molecule has 0 aromatic heterocycles. The first-order chi connectivity index (χ1) is 18.3. The van der Waals surface area contributed by atoms with Gasteiger partial charge in [-0.05, 0) is 48.2 Å². The maximum atomic E-state index is 14.0. The average Bonchev–Trinajstić information content (AvgIpc) is 2.90. The molecule has 3 aromatic carbocycles. The van der Waals surface area contributed by atoms with Crippen molar-refractivity contribution in [1.29, 1.82) is 0 Å². The highest BCUT2D eigenvalue weighted by molar-refractivity contribution is 6.36. The highest BCUT2D eigenvalue weighted by atomic mass is 35.5. The maximum absolute atomic E-state index is 14.0. The van der Waals surface area contributed by atoms with E-state index in [0.717, 1.165) is 31.2 Å². The van der Waals surface area contributed by atoms with Crippen molar-refractivity contribution < 1.29 is 9.59 Å². The molecule has 0 radical (unpaired) electrons. The van der Waals surface area contributed by atoms with E-state index in [-0.39, 0.29) is 30.8 Å². The molecule has 1 fully saturated rings. The molecule has 1 N–H and O–H groups in total. The largest absolute Gasteiger partial charge is 0.352 e. The van der Waals surface area contributed by atoms with Crippen LogP contribution in [0.25, 0.3) is 0 Å². The molecule has 38 heavy (non-hydrogen) atoms. The Kier molecular flexibility index (Phi) is 10.4. The fraction of sp³-hybridized carbons (Fsp3) is 0.333. The first kappa shape index (κ1) is 28.8. The normalized spacial score (nSPS) is 14.6. The minimum Gasteiger partial charge on any atom is -0.352 e. The van der Waals surface area contributed by atoms with Gasteiger partial charge in [-0.15, -0.1) is 0 Å². The van der Waals surface area contributed by atoms with E-state index in [4.69, 9.17) is 46.4 Å². The maximum Gasteiger partial charge on any atom is 0.243 e. The summed E-state index contributed by atoms with van der Waals surface area (Å²) in [4.78, 5) is 29.4. The van der Waals surface area contributed by atoms with Gasteiger partial charge in [-0.1, -0.05) is 108 Å². The molecule has 0 unspecified atom stereocenters. The molecule has 0 spiro atoms. The van der Waals surface area contributed by atoms with E-state index in [1.54, 1.807) is 41.3 Å². The lowest BCUT2D eigenvalue weighted by atomic mass is 9.94. The molecule has 0 heterocycles. The second-order valence-electron chi connectivity index (χ2n) is 9.68. The van der Waals surface area contributed by atoms with E-state index in [1.165, 1.54) is 6.42 Å². The predicted octanol–water partition coefficient (Wildman–Crippen LogP) is 7.93. The van der Waals surface area contributed by atoms with Gasteiger partial charge in [-0.25, -0.2) is 0 Å². The molecule has 1 aliphatic carbocycles. The summed E-state index contributed by atoms with van der Waals surface area (Å²) in [6.07, 6.45) is 5.57. The van der Waals surface area contributed by atoms with Crippen LogP contribution in [0.5, 0.6) is 0 Å². The summed E-state index contributed by atoms with van der Waals surface area (Å²) in [5.74, 6) is -0.440. The fourth-order valence-corrected chi connectivity index (χ4v) is 5.87. The number of hydrogen-bond donors (Lipinski definition) is 1. The molecule has 0 aliphatic heterocycles. The highest BCUT2D eigenvalue weighted by Crippen LogP contribution is 2.29. The molecule has 1 atom stereocenters. The molecule has 1 aliphatic rings. The smallest absolute Gasteiger partial charge is 0.243 e. The molecule has 0 bridgehead atoms. The Bertz CT molecular complexity index is 1240. The standard InChI is InChI=1S/C30H30Cl4N2O2/c31-22-15-14-21(27(34)18-22)17-29(37)36(19-24-25(32)12-7-13-26(24)33)28(16-20-8-3-1-4-9-20)30(38)35-23-10-5-2-6-11-23/h1,3-4,7-9,12-15,18,23,28H,2,5-6,10-11,16-17,19H2,(H,35,38)/t28-/m1/s1. The van der Waals surface area contributed by atoms with Crippen molar-refractivity contribution in [2.45, 2.75) is 63.6 Å². The number of hydrogen-bond acceptors (Lipinski definition) is 2. The SMILES string of the molecule is O=C(NC1CCCCC1)[C@@H](Cc1ccccc1)N(Cc1c(Cl)cccc1Cl)C(=O)Cc1ccc(Cl)cc1Cl. The molecule has 8 heteroatoms. The zero-order valence-electron chi connectivity index (χ0n) is 20.9. The molecular weight excluding hydrogens is 562 g/mol. The third-order valence-electron chi connectivity index (χ3n) is 6.97. The Morgan fingerprint density at radius 3 is 2.18 bits per heavy atom. The second-order valence-corrected chi connectivity index (χ2v) is 11.3. The molecule has 3 aromatic rings. The third kappa shape index (κ3) is 7.66. The summed E-state index contributed by atoms with van der Waals surface area (Å²) < 4.78 is 0. The summed E-state index contributed by atoms with van der Waals surface area (Å²) in [5, 5.41) is 4.98. The van der Waals surface area contributed by atoms with Crippen LogP contribution < -0.4 is 5.32 Å². The number of benzene rings is 3. The van der Waals surface area contributed by atoms with Crippen LogP contribution in [0, 0.1) is 0 Å².